The van der Waals surface area contributed by atoms with Gasteiger partial charge in [0.05, 0.1) is 17.7 Å². The number of nitrogens with one attached hydrogen (secondary N) is 1. The number of rotatable bonds is 5. The van der Waals surface area contributed by atoms with Crippen molar-refractivity contribution in [1.82, 2.24) is 15.1 Å². The summed E-state index contributed by atoms with van der Waals surface area (Å²) in [6.07, 6.45) is 2.63. The fourth-order valence-electron chi connectivity index (χ4n) is 3.04. The Hall–Kier alpha value is -3.94. The fourth-order valence-corrected chi connectivity index (χ4v) is 3.04. The van der Waals surface area contributed by atoms with Crippen LogP contribution in [0.3, 0.4) is 0 Å². The first-order valence-corrected chi connectivity index (χ1v) is 9.09. The molecule has 2 aromatic heterocycles. The topological polar surface area (TPSA) is 80.9 Å². The van der Waals surface area contributed by atoms with Crippen LogP contribution in [-0.2, 0) is 11.2 Å². The molecule has 2 heterocycles. The third kappa shape index (κ3) is 3.93. The van der Waals surface area contributed by atoms with Gasteiger partial charge in [-0.1, -0.05) is 35.0 Å². The molecule has 0 unspecified atom stereocenters. The lowest BCUT2D eigenvalue weighted by Crippen LogP contribution is -2.15. The zero-order valence-corrected chi connectivity index (χ0v) is 15.9. The molecule has 4 rings (SSSR count). The van der Waals surface area contributed by atoms with Crippen LogP contribution >= 0.6 is 0 Å². The fraction of sp³-hybridized carbons (Fsp3) is 0.0909. The van der Waals surface area contributed by atoms with Crippen LogP contribution in [0.15, 0.2) is 65.6 Å². The summed E-state index contributed by atoms with van der Waals surface area (Å²) >= 11 is 0. The highest BCUT2D eigenvalue weighted by atomic mass is 19.1. The van der Waals surface area contributed by atoms with Crippen LogP contribution < -0.4 is 5.32 Å². The number of aryl methyl sites for hydroxylation is 1. The molecular formula is C22H16F2N4O2. The minimum atomic E-state index is -0.511. The highest BCUT2D eigenvalue weighted by molar-refractivity contribution is 5.97. The van der Waals surface area contributed by atoms with Crippen molar-refractivity contribution >= 4 is 11.8 Å². The minimum Gasteiger partial charge on any atom is -0.337 e. The number of halogens is 2. The summed E-state index contributed by atoms with van der Waals surface area (Å²) in [7, 11) is 0. The van der Waals surface area contributed by atoms with Crippen molar-refractivity contribution in [2.45, 2.75) is 13.3 Å². The van der Waals surface area contributed by atoms with Crippen molar-refractivity contribution in [1.29, 1.82) is 0 Å². The van der Waals surface area contributed by atoms with E-state index >= 15 is 0 Å². The monoisotopic (exact) mass is 406 g/mol. The van der Waals surface area contributed by atoms with E-state index in [0.29, 0.717) is 11.3 Å². The van der Waals surface area contributed by atoms with Crippen LogP contribution in [0.4, 0.5) is 14.7 Å². The van der Waals surface area contributed by atoms with E-state index in [1.54, 1.807) is 30.3 Å². The predicted octanol–water partition coefficient (Wildman–Crippen LogP) is 4.57. The summed E-state index contributed by atoms with van der Waals surface area (Å²) in [6.45, 7) is 1.82. The summed E-state index contributed by atoms with van der Waals surface area (Å²) in [5, 5.41) is 6.57. The number of carbonyl (C=O) groups is 1. The Morgan fingerprint density at radius 1 is 1.10 bits per heavy atom. The van der Waals surface area contributed by atoms with Gasteiger partial charge in [-0.2, -0.15) is 0 Å². The molecule has 0 bridgehead atoms. The Balaban J connectivity index is 1.74. The maximum absolute atomic E-state index is 14.5. The average Bonchev–Trinajstić information content (AvgIpc) is 3.15. The van der Waals surface area contributed by atoms with Gasteiger partial charge in [-0.25, -0.2) is 18.7 Å². The average molecular weight is 406 g/mol. The summed E-state index contributed by atoms with van der Waals surface area (Å²) < 4.78 is 33.7. The third-order valence-electron chi connectivity index (χ3n) is 4.47. The van der Waals surface area contributed by atoms with Gasteiger partial charge in [0.2, 0.25) is 11.8 Å². The van der Waals surface area contributed by atoms with E-state index < -0.39 is 17.5 Å². The largest absolute Gasteiger partial charge is 0.337 e. The number of carbonyl (C=O) groups excluding carboxylic acids is 1. The first-order valence-electron chi connectivity index (χ1n) is 9.09. The Bertz CT molecular complexity index is 1210. The molecule has 0 aliphatic rings. The molecule has 8 heteroatoms. The van der Waals surface area contributed by atoms with Gasteiger partial charge in [0.1, 0.15) is 23.7 Å². The van der Waals surface area contributed by atoms with Gasteiger partial charge in [0.25, 0.3) is 0 Å². The van der Waals surface area contributed by atoms with E-state index in [0.717, 1.165) is 5.56 Å². The molecule has 1 amide bonds. The Morgan fingerprint density at radius 3 is 2.70 bits per heavy atom. The highest BCUT2D eigenvalue weighted by Crippen LogP contribution is 2.38. The summed E-state index contributed by atoms with van der Waals surface area (Å²) in [5.41, 5.74) is 2.17. The first kappa shape index (κ1) is 19.4. The molecule has 4 aromatic rings. The van der Waals surface area contributed by atoms with Gasteiger partial charge < -0.3 is 4.52 Å². The Labute approximate surface area is 170 Å². The van der Waals surface area contributed by atoms with E-state index in [1.807, 2.05) is 6.92 Å². The van der Waals surface area contributed by atoms with Gasteiger partial charge >= 0.3 is 0 Å². The van der Waals surface area contributed by atoms with Crippen molar-refractivity contribution in [3.8, 4) is 22.5 Å². The second kappa shape index (κ2) is 8.20. The van der Waals surface area contributed by atoms with Crippen LogP contribution in [0.25, 0.3) is 22.5 Å². The number of aromatic nitrogens is 3. The van der Waals surface area contributed by atoms with Crippen molar-refractivity contribution < 1.29 is 18.1 Å². The summed E-state index contributed by atoms with van der Waals surface area (Å²) in [4.78, 5) is 20.6. The number of hydrogen-bond donors (Lipinski definition) is 1. The molecule has 0 radical (unpaired) electrons. The van der Waals surface area contributed by atoms with Crippen LogP contribution in [0.2, 0.25) is 0 Å². The lowest BCUT2D eigenvalue weighted by molar-refractivity contribution is -0.115. The zero-order chi connectivity index (χ0) is 21.1. The number of nitrogens with zero attached hydrogens (tertiary/aromatic N) is 3. The molecule has 0 aliphatic heterocycles. The van der Waals surface area contributed by atoms with E-state index in [9.17, 15) is 13.6 Å². The molecule has 0 saturated heterocycles. The molecular weight excluding hydrogens is 390 g/mol. The van der Waals surface area contributed by atoms with Crippen molar-refractivity contribution in [2.24, 2.45) is 0 Å². The van der Waals surface area contributed by atoms with Gasteiger partial charge in [-0.15, -0.1) is 0 Å². The van der Waals surface area contributed by atoms with Gasteiger partial charge in [-0.3, -0.25) is 10.1 Å². The number of amides is 1. The van der Waals surface area contributed by atoms with E-state index in [2.05, 4.69) is 20.4 Å². The molecule has 0 atom stereocenters. The second-order valence-electron chi connectivity index (χ2n) is 6.63. The van der Waals surface area contributed by atoms with E-state index in [-0.39, 0.29) is 29.1 Å². The van der Waals surface area contributed by atoms with Crippen LogP contribution in [0.1, 0.15) is 11.1 Å². The number of benzene rings is 2. The number of hydrogen-bond acceptors (Lipinski definition) is 5. The van der Waals surface area contributed by atoms with Crippen molar-refractivity contribution in [3.05, 3.63) is 83.8 Å². The molecule has 150 valence electrons. The molecule has 0 fully saturated rings. The van der Waals surface area contributed by atoms with Crippen molar-refractivity contribution in [3.63, 3.8) is 0 Å². The van der Waals surface area contributed by atoms with Gasteiger partial charge in [0.15, 0.2) is 0 Å². The zero-order valence-electron chi connectivity index (χ0n) is 15.9. The predicted molar refractivity (Wildman–Crippen MR) is 106 cm³/mol. The second-order valence-corrected chi connectivity index (χ2v) is 6.63. The minimum absolute atomic E-state index is 0.00838. The molecule has 1 N–H and O–H groups in total. The number of anilines is 1. The SMILES string of the molecule is Cc1ccc(F)c(-c2noc(NC(=O)Cc3ccccc3F)c2-c2ccncn2)c1. The maximum atomic E-state index is 14.5. The normalized spacial score (nSPS) is 10.8. The third-order valence-corrected chi connectivity index (χ3v) is 4.47. The molecule has 0 saturated carbocycles. The molecule has 30 heavy (non-hydrogen) atoms. The Kier molecular flexibility index (Phi) is 5.30. The standard InChI is InChI=1S/C22H16F2N4O2/c1-13-6-7-17(24)15(10-13)21-20(18-8-9-25-12-26-18)22(30-28-21)27-19(29)11-14-4-2-3-5-16(14)23/h2-10,12H,11H2,1H3,(H,27,29). The van der Waals surface area contributed by atoms with Crippen molar-refractivity contribution in [2.75, 3.05) is 5.32 Å². The van der Waals surface area contributed by atoms with Gasteiger partial charge in [0, 0.05) is 11.8 Å². The van der Waals surface area contributed by atoms with Gasteiger partial charge in [-0.05, 0) is 36.8 Å². The Morgan fingerprint density at radius 2 is 1.93 bits per heavy atom. The van der Waals surface area contributed by atoms with E-state index in [1.165, 1.54) is 30.7 Å². The molecule has 0 aliphatic carbocycles. The van der Waals surface area contributed by atoms with Crippen LogP contribution in [-0.4, -0.2) is 21.0 Å². The molecule has 6 nitrogen and oxygen atoms in total. The molecule has 2 aromatic carbocycles. The smallest absolute Gasteiger partial charge is 0.241 e. The maximum Gasteiger partial charge on any atom is 0.241 e. The lowest BCUT2D eigenvalue weighted by Gasteiger charge is -2.07. The highest BCUT2D eigenvalue weighted by Gasteiger charge is 2.24. The first-order chi connectivity index (χ1) is 14.5. The van der Waals surface area contributed by atoms with Crippen LogP contribution in [0.5, 0.6) is 0 Å². The van der Waals surface area contributed by atoms with Crippen LogP contribution in [0, 0.1) is 18.6 Å². The lowest BCUT2D eigenvalue weighted by atomic mass is 10.0. The molecule has 0 spiro atoms. The summed E-state index contributed by atoms with van der Waals surface area (Å²) in [6, 6.07) is 12.2. The quantitative estimate of drug-likeness (QED) is 0.525. The summed E-state index contributed by atoms with van der Waals surface area (Å²) in [5.74, 6) is -1.49. The van der Waals surface area contributed by atoms with E-state index in [4.69, 9.17) is 4.52 Å².